The van der Waals surface area contributed by atoms with Crippen LogP contribution in [0.25, 0.3) is 0 Å². The molecular formula is C5H18O10P2S. The van der Waals surface area contributed by atoms with E-state index in [0.29, 0.717) is 0 Å². The fourth-order valence-corrected chi connectivity index (χ4v) is 3.96. The van der Waals surface area contributed by atoms with Crippen molar-refractivity contribution in [2.24, 2.45) is 0 Å². The molecule has 0 amide bonds. The molecule has 13 heteroatoms. The van der Waals surface area contributed by atoms with Crippen LogP contribution in [0.2, 0.25) is 0 Å². The maximum atomic E-state index is 11.3. The maximum absolute atomic E-state index is 11.3. The number of sulfone groups is 1. The van der Waals surface area contributed by atoms with Gasteiger partial charge in [0.1, 0.15) is 0 Å². The summed E-state index contributed by atoms with van der Waals surface area (Å²) in [4.78, 5) is 43.4. The molecule has 0 heterocycles. The van der Waals surface area contributed by atoms with Crippen LogP contribution >= 0.6 is 16.3 Å². The first-order chi connectivity index (χ1) is 7.97. The van der Waals surface area contributed by atoms with Gasteiger partial charge in [0.25, 0.3) is 0 Å². The number of rotatable bonds is 9. The third-order valence-corrected chi connectivity index (χ3v) is 5.87. The molecule has 0 fully saturated rings. The number of hydrogen-bond acceptors (Lipinski definition) is 10. The summed E-state index contributed by atoms with van der Waals surface area (Å²) in [6.07, 6.45) is 0. The zero-order valence-corrected chi connectivity index (χ0v) is 12.3. The molecule has 0 saturated carbocycles. The third-order valence-electron chi connectivity index (χ3n) is 1.55. The molecule has 0 radical (unpaired) electrons. The van der Waals surface area contributed by atoms with Gasteiger partial charge in [-0.3, -0.25) is 0 Å². The van der Waals surface area contributed by atoms with Crippen LogP contribution < -0.4 is 0 Å². The zero-order chi connectivity index (χ0) is 14.4. The van der Waals surface area contributed by atoms with Crippen molar-refractivity contribution in [2.75, 3.05) is 31.8 Å². The molecule has 0 aromatic heterocycles. The van der Waals surface area contributed by atoms with E-state index >= 15 is 0 Å². The molecule has 0 aliphatic rings. The van der Waals surface area contributed by atoms with Gasteiger partial charge in [0.2, 0.25) is 0 Å². The van der Waals surface area contributed by atoms with Crippen molar-refractivity contribution in [3.05, 3.63) is 0 Å². The van der Waals surface area contributed by atoms with Gasteiger partial charge in [0.15, 0.2) is 0 Å². The van der Waals surface area contributed by atoms with Crippen LogP contribution in [-0.2, 0) is 23.4 Å². The Hall–Kier alpha value is 0.490. The molecule has 18 heavy (non-hydrogen) atoms. The fourth-order valence-electron chi connectivity index (χ4n) is 0.822. The van der Waals surface area contributed by atoms with Gasteiger partial charge in [0.05, 0.1) is 0 Å². The summed E-state index contributed by atoms with van der Waals surface area (Å²) >= 11 is 0. The van der Waals surface area contributed by atoms with Crippen molar-refractivity contribution < 1.29 is 46.5 Å². The van der Waals surface area contributed by atoms with E-state index in [1.54, 1.807) is 0 Å². The van der Waals surface area contributed by atoms with Crippen LogP contribution in [0, 0.1) is 0 Å². The van der Waals surface area contributed by atoms with Crippen LogP contribution in [0.4, 0.5) is 0 Å². The van der Waals surface area contributed by atoms with Crippen LogP contribution in [0.3, 0.4) is 0 Å². The monoisotopic (exact) mass is 332 g/mol. The van der Waals surface area contributed by atoms with Gasteiger partial charge in [-0.2, -0.15) is 0 Å². The Kier molecular flexibility index (Phi) is 7.52. The molecule has 114 valence electrons. The summed E-state index contributed by atoms with van der Waals surface area (Å²) < 4.78 is 35.1. The molecule has 0 aromatic rings. The molecule has 0 atom stereocenters. The Bertz CT molecular complexity index is 335. The van der Waals surface area contributed by atoms with Crippen molar-refractivity contribution in [1.29, 1.82) is 0 Å². The first-order valence-electron chi connectivity index (χ1n) is 4.63. The summed E-state index contributed by atoms with van der Waals surface area (Å²) in [7, 11) is -12.3. The van der Waals surface area contributed by atoms with E-state index in [4.69, 9.17) is 24.5 Å². The normalized spacial score (nSPS) is 15.7. The van der Waals surface area contributed by atoms with Gasteiger partial charge in [-0.15, -0.1) is 0 Å². The Morgan fingerprint density at radius 1 is 1.00 bits per heavy atom. The summed E-state index contributed by atoms with van der Waals surface area (Å²) in [5, 5.41) is 0. The second kappa shape index (κ2) is 7.32. The number of ether oxygens (including phenoxy) is 1. The first kappa shape index (κ1) is 18.5. The Labute approximate surface area is 105 Å². The number of hydrogen-bond donors (Lipinski definition) is 5. The summed E-state index contributed by atoms with van der Waals surface area (Å²) in [6, 6.07) is 0. The number of methoxy groups -OCH3 is 1. The van der Waals surface area contributed by atoms with E-state index in [-0.39, 0.29) is 12.4 Å². The van der Waals surface area contributed by atoms with Gasteiger partial charge in [0, 0.05) is 0 Å². The van der Waals surface area contributed by atoms with Crippen molar-refractivity contribution in [3.8, 4) is 0 Å². The van der Waals surface area contributed by atoms with E-state index in [9.17, 15) is 8.42 Å². The van der Waals surface area contributed by atoms with Crippen molar-refractivity contribution in [3.63, 3.8) is 0 Å². The second-order valence-electron chi connectivity index (χ2n) is 3.22. The van der Waals surface area contributed by atoms with Crippen LogP contribution in [-0.4, -0.2) is 64.7 Å². The third kappa shape index (κ3) is 10.4. The predicted octanol–water partition coefficient (Wildman–Crippen LogP) is -2.14. The fraction of sp³-hybridized carbons (Fsp3) is 1.00. The SMILES string of the molecule is COCCS(=O)(=O)CCO[PH](O)(O)O[PH](O)(O)O. The summed E-state index contributed by atoms with van der Waals surface area (Å²) in [6.45, 7) is -0.644. The van der Waals surface area contributed by atoms with E-state index in [2.05, 4.69) is 13.6 Å². The quantitative estimate of drug-likeness (QED) is 0.294. The molecule has 0 rings (SSSR count). The second-order valence-corrected chi connectivity index (χ2v) is 8.87. The van der Waals surface area contributed by atoms with Gasteiger partial charge in [-0.05, 0) is 0 Å². The Morgan fingerprint density at radius 3 is 1.94 bits per heavy atom. The molecule has 5 N–H and O–H groups in total. The predicted molar refractivity (Wildman–Crippen MR) is 65.3 cm³/mol. The van der Waals surface area contributed by atoms with Crippen LogP contribution in [0.15, 0.2) is 0 Å². The van der Waals surface area contributed by atoms with Crippen molar-refractivity contribution in [2.45, 2.75) is 0 Å². The first-order valence-corrected chi connectivity index (χ1v) is 9.91. The molecule has 0 aromatic carbocycles. The summed E-state index contributed by atoms with van der Waals surface area (Å²) in [5.41, 5.74) is 0. The van der Waals surface area contributed by atoms with Gasteiger partial charge in [-0.25, -0.2) is 0 Å². The average Bonchev–Trinajstić information content (AvgIpc) is 2.10. The van der Waals surface area contributed by atoms with Crippen LogP contribution in [0.5, 0.6) is 0 Å². The molecule has 0 aliphatic carbocycles. The molecular weight excluding hydrogens is 314 g/mol. The topological polar surface area (TPSA) is 163 Å². The molecule has 10 nitrogen and oxygen atoms in total. The van der Waals surface area contributed by atoms with Crippen molar-refractivity contribution in [1.82, 2.24) is 0 Å². The van der Waals surface area contributed by atoms with Crippen LogP contribution in [0.1, 0.15) is 0 Å². The van der Waals surface area contributed by atoms with Gasteiger partial charge >= 0.3 is 104 Å². The minimum absolute atomic E-state index is 0.0143. The van der Waals surface area contributed by atoms with E-state index in [0.717, 1.165) is 0 Å². The zero-order valence-electron chi connectivity index (χ0n) is 9.51. The van der Waals surface area contributed by atoms with E-state index in [1.165, 1.54) is 7.11 Å². The summed E-state index contributed by atoms with van der Waals surface area (Å²) in [5.74, 6) is -0.801. The standard InChI is InChI=1S/C5H18O10P2S/c1-13-2-4-18(11,12)5-3-14-17(9,10)15-16(6,7)8/h6-10,16-17H,2-5H2,1H3. The van der Waals surface area contributed by atoms with E-state index < -0.39 is 38.5 Å². The Balaban J connectivity index is 4.10. The molecule has 0 bridgehead atoms. The van der Waals surface area contributed by atoms with Gasteiger partial charge in [-0.1, -0.05) is 0 Å². The Morgan fingerprint density at radius 2 is 1.50 bits per heavy atom. The van der Waals surface area contributed by atoms with Gasteiger partial charge < -0.3 is 0 Å². The minimum atomic E-state index is -5.14. The van der Waals surface area contributed by atoms with E-state index in [1.807, 2.05) is 0 Å². The average molecular weight is 332 g/mol. The van der Waals surface area contributed by atoms with Crippen molar-refractivity contribution >= 4 is 26.2 Å². The molecule has 0 saturated heterocycles. The molecule has 0 unspecified atom stereocenters. The molecule has 0 spiro atoms. The molecule has 0 aliphatic heterocycles.